The van der Waals surface area contributed by atoms with Crippen LogP contribution in [0.3, 0.4) is 0 Å². The van der Waals surface area contributed by atoms with E-state index in [2.05, 4.69) is 6.07 Å². The maximum Gasteiger partial charge on any atom is 0.154 e. The number of Topliss-reactive ketones (excluding diaryl/α,β-unsaturated/α-hetero) is 2. The first-order valence-corrected chi connectivity index (χ1v) is 6.32. The van der Waals surface area contributed by atoms with E-state index in [1.807, 2.05) is 25.1 Å². The van der Waals surface area contributed by atoms with Gasteiger partial charge in [-0.25, -0.2) is 0 Å². The molecule has 1 aromatic carbocycles. The molecule has 1 aromatic rings. The molecule has 2 aliphatic rings. The van der Waals surface area contributed by atoms with E-state index in [0.717, 1.165) is 18.4 Å². The highest BCUT2D eigenvalue weighted by Gasteiger charge is 2.55. The summed E-state index contributed by atoms with van der Waals surface area (Å²) in [6.07, 6.45) is 3.08. The number of fused-ring (bicyclic) bond motifs is 2. The monoisotopic (exact) mass is 228 g/mol. The molecular weight excluding hydrogens is 212 g/mol. The average molecular weight is 228 g/mol. The average Bonchev–Trinajstić information content (AvgIpc) is 2.55. The summed E-state index contributed by atoms with van der Waals surface area (Å²) in [5.41, 5.74) is 1.40. The van der Waals surface area contributed by atoms with Gasteiger partial charge in [-0.15, -0.1) is 0 Å². The van der Waals surface area contributed by atoms with Crippen molar-refractivity contribution in [2.45, 2.75) is 38.0 Å². The van der Waals surface area contributed by atoms with Gasteiger partial charge in [-0.3, -0.25) is 9.59 Å². The molecule has 3 rings (SSSR count). The van der Waals surface area contributed by atoms with Crippen molar-refractivity contribution in [2.24, 2.45) is 5.92 Å². The van der Waals surface area contributed by atoms with E-state index in [1.54, 1.807) is 0 Å². The molecule has 2 atom stereocenters. The molecule has 0 heterocycles. The Hall–Kier alpha value is -1.44. The molecule has 1 spiro atoms. The van der Waals surface area contributed by atoms with Gasteiger partial charge in [-0.2, -0.15) is 0 Å². The third-order valence-electron chi connectivity index (χ3n) is 4.31. The summed E-state index contributed by atoms with van der Waals surface area (Å²) >= 11 is 0. The summed E-state index contributed by atoms with van der Waals surface area (Å²) in [5, 5.41) is 0. The number of hydrogen-bond donors (Lipinski definition) is 0. The Labute approximate surface area is 101 Å². The van der Waals surface area contributed by atoms with Crippen LogP contribution in [0.4, 0.5) is 0 Å². The van der Waals surface area contributed by atoms with Crippen molar-refractivity contribution in [1.82, 2.24) is 0 Å². The minimum absolute atomic E-state index is 0.103. The Morgan fingerprint density at radius 2 is 2.00 bits per heavy atom. The number of hydrogen-bond acceptors (Lipinski definition) is 2. The van der Waals surface area contributed by atoms with Gasteiger partial charge >= 0.3 is 0 Å². The number of ketones is 2. The SMILES string of the molecule is C[C@@H]1CC(=O)[C@]2(CCCc3ccccc32)C1=O. The van der Waals surface area contributed by atoms with Crippen molar-refractivity contribution in [1.29, 1.82) is 0 Å². The molecule has 88 valence electrons. The Balaban J connectivity index is 2.22. The molecule has 0 saturated heterocycles. The van der Waals surface area contributed by atoms with Crippen molar-refractivity contribution in [3.8, 4) is 0 Å². The lowest BCUT2D eigenvalue weighted by molar-refractivity contribution is -0.131. The Kier molecular flexibility index (Phi) is 2.22. The largest absolute Gasteiger partial charge is 0.298 e. The number of rotatable bonds is 0. The maximum atomic E-state index is 12.4. The van der Waals surface area contributed by atoms with E-state index in [4.69, 9.17) is 0 Å². The van der Waals surface area contributed by atoms with Crippen LogP contribution in [0.25, 0.3) is 0 Å². The van der Waals surface area contributed by atoms with Crippen LogP contribution in [-0.2, 0) is 21.4 Å². The highest BCUT2D eigenvalue weighted by atomic mass is 16.2. The lowest BCUT2D eigenvalue weighted by Crippen LogP contribution is -2.41. The van der Waals surface area contributed by atoms with Gasteiger partial charge in [0.2, 0.25) is 0 Å². The number of carbonyl (C=O) groups excluding carboxylic acids is 2. The second kappa shape index (κ2) is 3.52. The highest BCUT2D eigenvalue weighted by Crippen LogP contribution is 2.46. The van der Waals surface area contributed by atoms with E-state index in [0.29, 0.717) is 12.8 Å². The minimum Gasteiger partial charge on any atom is -0.298 e. The zero-order valence-electron chi connectivity index (χ0n) is 10.0. The first-order chi connectivity index (χ1) is 8.16. The van der Waals surface area contributed by atoms with Crippen LogP contribution >= 0.6 is 0 Å². The van der Waals surface area contributed by atoms with E-state index in [-0.39, 0.29) is 17.5 Å². The second-order valence-corrected chi connectivity index (χ2v) is 5.31. The molecule has 2 heteroatoms. The molecule has 0 bridgehead atoms. The van der Waals surface area contributed by atoms with E-state index in [9.17, 15) is 9.59 Å². The Morgan fingerprint density at radius 3 is 2.71 bits per heavy atom. The molecule has 0 unspecified atom stereocenters. The molecule has 1 saturated carbocycles. The fourth-order valence-corrected chi connectivity index (χ4v) is 3.48. The predicted molar refractivity (Wildman–Crippen MR) is 64.9 cm³/mol. The quantitative estimate of drug-likeness (QED) is 0.639. The van der Waals surface area contributed by atoms with Gasteiger partial charge in [0.1, 0.15) is 5.41 Å². The van der Waals surface area contributed by atoms with Crippen LogP contribution in [-0.4, -0.2) is 11.6 Å². The molecule has 2 aliphatic carbocycles. The van der Waals surface area contributed by atoms with Crippen molar-refractivity contribution < 1.29 is 9.59 Å². The summed E-state index contributed by atoms with van der Waals surface area (Å²) in [5.74, 6) is 0.186. The highest BCUT2D eigenvalue weighted by molar-refractivity contribution is 6.19. The lowest BCUT2D eigenvalue weighted by atomic mass is 9.67. The van der Waals surface area contributed by atoms with Crippen molar-refractivity contribution >= 4 is 11.6 Å². The molecule has 0 N–H and O–H groups in total. The molecule has 0 aromatic heterocycles. The first-order valence-electron chi connectivity index (χ1n) is 6.32. The third-order valence-corrected chi connectivity index (χ3v) is 4.31. The number of benzene rings is 1. The third kappa shape index (κ3) is 1.27. The van der Waals surface area contributed by atoms with Gasteiger partial charge in [-0.1, -0.05) is 31.2 Å². The fourth-order valence-electron chi connectivity index (χ4n) is 3.48. The van der Waals surface area contributed by atoms with Gasteiger partial charge in [-0.05, 0) is 30.4 Å². The summed E-state index contributed by atoms with van der Waals surface area (Å²) in [4.78, 5) is 24.7. The van der Waals surface area contributed by atoms with Crippen molar-refractivity contribution in [3.05, 3.63) is 35.4 Å². The first kappa shape index (κ1) is 10.7. The summed E-state index contributed by atoms with van der Waals surface area (Å²) in [6.45, 7) is 1.88. The summed E-state index contributed by atoms with van der Waals surface area (Å²) in [6, 6.07) is 7.96. The van der Waals surface area contributed by atoms with Crippen molar-refractivity contribution in [3.63, 3.8) is 0 Å². The molecule has 0 aliphatic heterocycles. The van der Waals surface area contributed by atoms with Gasteiger partial charge < -0.3 is 0 Å². The Morgan fingerprint density at radius 1 is 1.24 bits per heavy atom. The molecule has 2 nitrogen and oxygen atoms in total. The van der Waals surface area contributed by atoms with Crippen LogP contribution in [0.2, 0.25) is 0 Å². The van der Waals surface area contributed by atoms with E-state index in [1.165, 1.54) is 5.56 Å². The molecule has 0 radical (unpaired) electrons. The van der Waals surface area contributed by atoms with Crippen LogP contribution in [0, 0.1) is 5.92 Å². The second-order valence-electron chi connectivity index (χ2n) is 5.31. The lowest BCUT2D eigenvalue weighted by Gasteiger charge is -2.33. The number of aryl methyl sites for hydroxylation is 1. The number of carbonyl (C=O) groups is 2. The topological polar surface area (TPSA) is 34.1 Å². The summed E-state index contributed by atoms with van der Waals surface area (Å²) in [7, 11) is 0. The normalized spacial score (nSPS) is 31.9. The zero-order chi connectivity index (χ0) is 12.0. The van der Waals surface area contributed by atoms with Gasteiger partial charge in [0, 0.05) is 12.3 Å². The van der Waals surface area contributed by atoms with Gasteiger partial charge in [0.05, 0.1) is 0 Å². The Bertz CT molecular complexity index is 503. The van der Waals surface area contributed by atoms with Crippen LogP contribution < -0.4 is 0 Å². The van der Waals surface area contributed by atoms with Gasteiger partial charge in [0.25, 0.3) is 0 Å². The standard InChI is InChI=1S/C15H16O2/c1-10-9-13(16)15(14(10)17)8-4-6-11-5-2-3-7-12(11)15/h2-3,5,7,10H,4,6,8-9H2,1H3/t10-,15-/m1/s1. The summed E-state index contributed by atoms with van der Waals surface area (Å²) < 4.78 is 0. The molecule has 0 amide bonds. The van der Waals surface area contributed by atoms with Crippen LogP contribution in [0.5, 0.6) is 0 Å². The fraction of sp³-hybridized carbons (Fsp3) is 0.467. The molecule has 1 fully saturated rings. The van der Waals surface area contributed by atoms with Crippen LogP contribution in [0.1, 0.15) is 37.3 Å². The van der Waals surface area contributed by atoms with Crippen molar-refractivity contribution in [2.75, 3.05) is 0 Å². The maximum absolute atomic E-state index is 12.4. The zero-order valence-corrected chi connectivity index (χ0v) is 10.0. The van der Waals surface area contributed by atoms with E-state index >= 15 is 0 Å². The molecular formula is C15H16O2. The van der Waals surface area contributed by atoms with Crippen LogP contribution in [0.15, 0.2) is 24.3 Å². The molecule has 17 heavy (non-hydrogen) atoms. The smallest absolute Gasteiger partial charge is 0.154 e. The van der Waals surface area contributed by atoms with Gasteiger partial charge in [0.15, 0.2) is 11.6 Å². The predicted octanol–water partition coefficient (Wildman–Crippen LogP) is 2.44. The van der Waals surface area contributed by atoms with E-state index < -0.39 is 5.41 Å². The minimum atomic E-state index is -0.783.